The van der Waals surface area contributed by atoms with Crippen LogP contribution in [0.15, 0.2) is 22.7 Å². The molecule has 0 unspecified atom stereocenters. The molecule has 0 saturated heterocycles. The number of hydrogen-bond acceptors (Lipinski definition) is 3. The van der Waals surface area contributed by atoms with Crippen LogP contribution < -0.4 is 5.32 Å². The second-order valence-electron chi connectivity index (χ2n) is 3.54. The van der Waals surface area contributed by atoms with E-state index in [1.807, 2.05) is 32.3 Å². The van der Waals surface area contributed by atoms with E-state index in [1.165, 1.54) is 0 Å². The molecule has 0 atom stereocenters. The third-order valence-electron chi connectivity index (χ3n) is 1.97. The highest BCUT2D eigenvalue weighted by Gasteiger charge is 2.00. The Morgan fingerprint density at radius 1 is 1.47 bits per heavy atom. The first kappa shape index (κ1) is 12.0. The zero-order valence-corrected chi connectivity index (χ0v) is 10.5. The van der Waals surface area contributed by atoms with E-state index in [1.54, 1.807) is 0 Å². The lowest BCUT2D eigenvalue weighted by Crippen LogP contribution is -2.20. The van der Waals surface area contributed by atoms with Gasteiger partial charge in [-0.15, -0.1) is 0 Å². The number of nitrogens with one attached hydrogen (secondary N) is 1. The summed E-state index contributed by atoms with van der Waals surface area (Å²) in [6.45, 7) is 1.87. The molecule has 3 nitrogen and oxygen atoms in total. The van der Waals surface area contributed by atoms with Crippen molar-refractivity contribution in [2.45, 2.75) is 0 Å². The fourth-order valence-corrected chi connectivity index (χ4v) is 1.66. The molecule has 0 bridgehead atoms. The Bertz CT molecular complexity index is 369. The maximum absolute atomic E-state index is 8.70. The number of benzene rings is 1. The molecule has 4 heteroatoms. The minimum Gasteiger partial charge on any atom is -0.383 e. The smallest absolute Gasteiger partial charge is 0.0992 e. The summed E-state index contributed by atoms with van der Waals surface area (Å²) >= 11 is 3.43. The molecule has 1 aromatic rings. The van der Waals surface area contributed by atoms with Crippen LogP contribution in [0.25, 0.3) is 0 Å². The zero-order valence-electron chi connectivity index (χ0n) is 8.92. The van der Waals surface area contributed by atoms with Gasteiger partial charge in [0.1, 0.15) is 0 Å². The molecule has 0 aliphatic rings. The Labute approximate surface area is 98.8 Å². The molecule has 1 N–H and O–H groups in total. The number of nitriles is 1. The van der Waals surface area contributed by atoms with Crippen molar-refractivity contribution >= 4 is 21.6 Å². The van der Waals surface area contributed by atoms with E-state index in [0.717, 1.165) is 23.2 Å². The second-order valence-corrected chi connectivity index (χ2v) is 4.39. The Kier molecular flexibility index (Phi) is 4.60. The van der Waals surface area contributed by atoms with Crippen molar-refractivity contribution in [2.75, 3.05) is 32.5 Å². The fraction of sp³-hybridized carbons (Fsp3) is 0.364. The van der Waals surface area contributed by atoms with E-state index >= 15 is 0 Å². The molecule has 0 aromatic heterocycles. The lowest BCUT2D eigenvalue weighted by Gasteiger charge is -2.12. The minimum absolute atomic E-state index is 0.667. The van der Waals surface area contributed by atoms with Gasteiger partial charge in [-0.2, -0.15) is 5.26 Å². The Morgan fingerprint density at radius 2 is 2.20 bits per heavy atom. The van der Waals surface area contributed by atoms with Crippen LogP contribution in [0.4, 0.5) is 5.69 Å². The molecule has 0 saturated carbocycles. The van der Waals surface area contributed by atoms with Gasteiger partial charge >= 0.3 is 0 Å². The summed E-state index contributed by atoms with van der Waals surface area (Å²) in [6.07, 6.45) is 0. The summed E-state index contributed by atoms with van der Waals surface area (Å²) in [4.78, 5) is 2.12. The molecule has 0 amide bonds. The topological polar surface area (TPSA) is 39.1 Å². The minimum atomic E-state index is 0.667. The highest BCUT2D eigenvalue weighted by Crippen LogP contribution is 2.22. The first-order valence-corrected chi connectivity index (χ1v) is 5.51. The largest absolute Gasteiger partial charge is 0.383 e. The quantitative estimate of drug-likeness (QED) is 0.910. The van der Waals surface area contributed by atoms with Crippen LogP contribution in [0.2, 0.25) is 0 Å². The average molecular weight is 268 g/mol. The molecular weight excluding hydrogens is 254 g/mol. The lowest BCUT2D eigenvalue weighted by atomic mass is 10.2. The summed E-state index contributed by atoms with van der Waals surface area (Å²) < 4.78 is 0.931. The van der Waals surface area contributed by atoms with Gasteiger partial charge in [0.15, 0.2) is 0 Å². The Balaban J connectivity index is 2.59. The predicted octanol–water partition coefficient (Wildman–Crippen LogP) is 2.29. The van der Waals surface area contributed by atoms with Crippen molar-refractivity contribution in [2.24, 2.45) is 0 Å². The molecule has 0 aliphatic heterocycles. The third-order valence-corrected chi connectivity index (χ3v) is 2.63. The van der Waals surface area contributed by atoms with Crippen molar-refractivity contribution in [1.82, 2.24) is 4.90 Å². The molecule has 0 aliphatic carbocycles. The van der Waals surface area contributed by atoms with E-state index < -0.39 is 0 Å². The highest BCUT2D eigenvalue weighted by molar-refractivity contribution is 9.10. The van der Waals surface area contributed by atoms with Gasteiger partial charge in [-0.3, -0.25) is 0 Å². The van der Waals surface area contributed by atoms with Gasteiger partial charge < -0.3 is 10.2 Å². The average Bonchev–Trinajstić information content (AvgIpc) is 2.20. The monoisotopic (exact) mass is 267 g/mol. The van der Waals surface area contributed by atoms with Gasteiger partial charge in [0.2, 0.25) is 0 Å². The van der Waals surface area contributed by atoms with Crippen LogP contribution in [0.5, 0.6) is 0 Å². The number of halogens is 1. The van der Waals surface area contributed by atoms with Crippen LogP contribution in [-0.2, 0) is 0 Å². The Morgan fingerprint density at radius 3 is 2.73 bits per heavy atom. The van der Waals surface area contributed by atoms with Gasteiger partial charge in [-0.05, 0) is 48.2 Å². The summed E-state index contributed by atoms with van der Waals surface area (Å²) in [5.74, 6) is 0. The van der Waals surface area contributed by atoms with Crippen molar-refractivity contribution in [1.29, 1.82) is 5.26 Å². The Hall–Kier alpha value is -1.05. The summed E-state index contributed by atoms with van der Waals surface area (Å²) in [6, 6.07) is 7.64. The lowest BCUT2D eigenvalue weighted by molar-refractivity contribution is 0.425. The summed E-state index contributed by atoms with van der Waals surface area (Å²) in [7, 11) is 4.07. The molecule has 80 valence electrons. The van der Waals surface area contributed by atoms with Crippen molar-refractivity contribution in [3.05, 3.63) is 28.2 Å². The van der Waals surface area contributed by atoms with Crippen LogP contribution in [0.3, 0.4) is 0 Å². The fourth-order valence-electron chi connectivity index (χ4n) is 1.14. The molecule has 0 fully saturated rings. The number of anilines is 1. The number of nitrogens with zero attached hydrogens (tertiary/aromatic N) is 2. The zero-order chi connectivity index (χ0) is 11.3. The molecule has 0 heterocycles. The first-order chi connectivity index (χ1) is 7.13. The number of hydrogen-bond donors (Lipinski definition) is 1. The maximum atomic E-state index is 8.70. The number of likely N-dealkylation sites (N-methyl/N-ethyl adjacent to an activating group) is 1. The first-order valence-electron chi connectivity index (χ1n) is 4.71. The third kappa shape index (κ3) is 3.90. The van der Waals surface area contributed by atoms with Crippen molar-refractivity contribution in [3.8, 4) is 6.07 Å². The van der Waals surface area contributed by atoms with E-state index in [2.05, 4.69) is 32.2 Å². The van der Waals surface area contributed by atoms with Gasteiger partial charge in [0, 0.05) is 23.2 Å². The van der Waals surface area contributed by atoms with E-state index in [9.17, 15) is 0 Å². The predicted molar refractivity (Wildman–Crippen MR) is 65.9 cm³/mol. The van der Waals surface area contributed by atoms with Crippen LogP contribution in [0.1, 0.15) is 5.56 Å². The maximum Gasteiger partial charge on any atom is 0.0992 e. The molecule has 1 aromatic carbocycles. The SMILES string of the molecule is CN(C)CCNc1ccc(C#N)cc1Br. The van der Waals surface area contributed by atoms with Crippen molar-refractivity contribution in [3.63, 3.8) is 0 Å². The van der Waals surface area contributed by atoms with E-state index in [-0.39, 0.29) is 0 Å². The van der Waals surface area contributed by atoms with Crippen molar-refractivity contribution < 1.29 is 0 Å². The second kappa shape index (κ2) is 5.74. The van der Waals surface area contributed by atoms with Gasteiger partial charge in [0.05, 0.1) is 11.6 Å². The summed E-state index contributed by atoms with van der Waals surface area (Å²) in [5.41, 5.74) is 1.69. The van der Waals surface area contributed by atoms with Crippen LogP contribution in [-0.4, -0.2) is 32.1 Å². The van der Waals surface area contributed by atoms with Gasteiger partial charge in [-0.1, -0.05) is 0 Å². The van der Waals surface area contributed by atoms with Crippen LogP contribution >= 0.6 is 15.9 Å². The van der Waals surface area contributed by atoms with Gasteiger partial charge in [-0.25, -0.2) is 0 Å². The standard InChI is InChI=1S/C11H14BrN3/c1-15(2)6-5-14-11-4-3-9(8-13)7-10(11)12/h3-4,7,14H,5-6H2,1-2H3. The molecule has 0 radical (unpaired) electrons. The highest BCUT2D eigenvalue weighted by atomic mass is 79.9. The van der Waals surface area contributed by atoms with Crippen LogP contribution in [0, 0.1) is 11.3 Å². The molecule has 0 spiro atoms. The summed E-state index contributed by atoms with van der Waals surface area (Å²) in [5, 5.41) is 12.0. The molecule has 1 rings (SSSR count). The van der Waals surface area contributed by atoms with Gasteiger partial charge in [0.25, 0.3) is 0 Å². The van der Waals surface area contributed by atoms with E-state index in [0.29, 0.717) is 5.56 Å². The molecular formula is C11H14BrN3. The molecule has 15 heavy (non-hydrogen) atoms. The number of rotatable bonds is 4. The van der Waals surface area contributed by atoms with E-state index in [4.69, 9.17) is 5.26 Å². The normalized spacial score (nSPS) is 10.1.